The highest BCUT2D eigenvalue weighted by Crippen LogP contribution is 2.49. The fourth-order valence-corrected chi connectivity index (χ4v) is 7.79. The maximum absolute atomic E-state index is 2.40. The molecular formula is C47H35N. The van der Waals surface area contributed by atoms with Gasteiger partial charge in [0.2, 0.25) is 0 Å². The van der Waals surface area contributed by atoms with E-state index in [9.17, 15) is 0 Å². The quantitative estimate of drug-likeness (QED) is 0.187. The van der Waals surface area contributed by atoms with Crippen LogP contribution in [0.5, 0.6) is 0 Å². The van der Waals surface area contributed by atoms with Crippen molar-refractivity contribution < 1.29 is 0 Å². The Balaban J connectivity index is 1.14. The first-order valence-corrected chi connectivity index (χ1v) is 16.8. The summed E-state index contributed by atoms with van der Waals surface area (Å²) in [5, 5.41) is 5.15. The minimum absolute atomic E-state index is 0.0688. The molecule has 8 aromatic rings. The highest BCUT2D eigenvalue weighted by Gasteiger charge is 2.33. The van der Waals surface area contributed by atoms with Gasteiger partial charge in [-0.25, -0.2) is 0 Å². The Morgan fingerprint density at radius 3 is 1.71 bits per heavy atom. The van der Waals surface area contributed by atoms with Gasteiger partial charge in [-0.1, -0.05) is 153 Å². The van der Waals surface area contributed by atoms with E-state index in [1.807, 2.05) is 0 Å². The smallest absolute Gasteiger partial charge is 0.0540 e. The van der Waals surface area contributed by atoms with Gasteiger partial charge in [0.05, 0.1) is 5.69 Å². The molecule has 0 saturated carbocycles. The lowest BCUT2D eigenvalue weighted by Gasteiger charge is -2.35. The Morgan fingerprint density at radius 2 is 0.958 bits per heavy atom. The maximum Gasteiger partial charge on any atom is 0.0540 e. The van der Waals surface area contributed by atoms with Crippen LogP contribution in [0.1, 0.15) is 25.0 Å². The van der Waals surface area contributed by atoms with Crippen molar-refractivity contribution in [2.75, 3.05) is 4.90 Å². The van der Waals surface area contributed by atoms with E-state index in [1.165, 1.54) is 66.1 Å². The van der Waals surface area contributed by atoms with Crippen LogP contribution in [0.2, 0.25) is 0 Å². The fraction of sp³-hybridized carbons (Fsp3) is 0.0638. The van der Waals surface area contributed by atoms with Crippen LogP contribution in [0, 0.1) is 0 Å². The first-order chi connectivity index (χ1) is 23.6. The van der Waals surface area contributed by atoms with Crippen LogP contribution < -0.4 is 4.90 Å². The normalized spacial score (nSPS) is 13.0. The van der Waals surface area contributed by atoms with Gasteiger partial charge in [-0.15, -0.1) is 0 Å². The fourth-order valence-electron chi connectivity index (χ4n) is 7.79. The van der Waals surface area contributed by atoms with Crippen molar-refractivity contribution in [2.24, 2.45) is 0 Å². The molecule has 0 bridgehead atoms. The number of fused-ring (bicyclic) bond motifs is 3. The van der Waals surface area contributed by atoms with Crippen LogP contribution in [-0.2, 0) is 5.41 Å². The lowest BCUT2D eigenvalue weighted by atomic mass is 9.68. The summed E-state index contributed by atoms with van der Waals surface area (Å²) in [6, 6.07) is 64.3. The predicted molar refractivity (Wildman–Crippen MR) is 205 cm³/mol. The predicted octanol–water partition coefficient (Wildman–Crippen LogP) is 13.1. The number of hydrogen-bond acceptors (Lipinski definition) is 1. The zero-order valence-electron chi connectivity index (χ0n) is 27.2. The van der Waals surface area contributed by atoms with E-state index in [2.05, 4.69) is 195 Å². The van der Waals surface area contributed by atoms with Gasteiger partial charge in [0.25, 0.3) is 0 Å². The van der Waals surface area contributed by atoms with Crippen molar-refractivity contribution in [3.8, 4) is 33.4 Å². The zero-order valence-corrected chi connectivity index (χ0v) is 27.2. The second-order valence-electron chi connectivity index (χ2n) is 13.4. The van der Waals surface area contributed by atoms with E-state index in [-0.39, 0.29) is 5.41 Å². The van der Waals surface area contributed by atoms with Crippen molar-refractivity contribution in [1.82, 2.24) is 0 Å². The number of anilines is 3. The number of rotatable bonds is 5. The molecule has 9 rings (SSSR count). The summed E-state index contributed by atoms with van der Waals surface area (Å²) in [7, 11) is 0. The number of nitrogens with zero attached hydrogens (tertiary/aromatic N) is 1. The van der Waals surface area contributed by atoms with Crippen molar-refractivity contribution in [1.29, 1.82) is 0 Å². The average Bonchev–Trinajstić information content (AvgIpc) is 3.15. The third kappa shape index (κ3) is 4.54. The summed E-state index contributed by atoms with van der Waals surface area (Å²) in [5.41, 5.74) is 13.7. The van der Waals surface area contributed by atoms with Crippen LogP contribution in [0.25, 0.3) is 54.9 Å². The van der Waals surface area contributed by atoms with Crippen molar-refractivity contribution in [3.63, 3.8) is 0 Å². The van der Waals surface area contributed by atoms with Crippen molar-refractivity contribution >= 4 is 38.6 Å². The Kier molecular flexibility index (Phi) is 6.55. The molecule has 0 fully saturated rings. The van der Waals surface area contributed by atoms with Gasteiger partial charge in [-0.2, -0.15) is 0 Å². The highest BCUT2D eigenvalue weighted by molar-refractivity contribution is 6.04. The van der Waals surface area contributed by atoms with Crippen LogP contribution >= 0.6 is 0 Å². The van der Waals surface area contributed by atoms with Crippen molar-refractivity contribution in [2.45, 2.75) is 19.3 Å². The lowest BCUT2D eigenvalue weighted by molar-refractivity contribution is 0.645. The molecule has 0 unspecified atom stereocenters. The Bertz CT molecular complexity index is 2440. The summed E-state index contributed by atoms with van der Waals surface area (Å²) in [6.45, 7) is 4.72. The van der Waals surface area contributed by atoms with Gasteiger partial charge in [-0.05, 0) is 97.1 Å². The average molecular weight is 614 g/mol. The third-order valence-corrected chi connectivity index (χ3v) is 10.3. The molecule has 1 aliphatic carbocycles. The standard InChI is InChI=1S/C47H35N/c1-47(2)43-30-25-37(31-42(43)41-18-8-15-36-16-9-19-44(47)46(36)41)34-23-28-39(29-24-34)48(45-20-10-14-35-13-6-7-17-40(35)45)38-26-21-33(22-27-38)32-11-4-3-5-12-32/h3-31H,1-2H3. The molecule has 48 heavy (non-hydrogen) atoms. The molecule has 0 spiro atoms. The molecule has 8 aromatic carbocycles. The summed E-state index contributed by atoms with van der Waals surface area (Å²) in [6.07, 6.45) is 0. The molecule has 1 nitrogen and oxygen atoms in total. The van der Waals surface area contributed by atoms with Gasteiger partial charge in [-0.3, -0.25) is 0 Å². The molecule has 0 aromatic heterocycles. The Labute approximate surface area is 282 Å². The third-order valence-electron chi connectivity index (χ3n) is 10.3. The molecule has 0 atom stereocenters. The molecule has 228 valence electrons. The van der Waals surface area contributed by atoms with Gasteiger partial charge in [0.15, 0.2) is 0 Å². The number of benzene rings is 8. The van der Waals surface area contributed by atoms with Gasteiger partial charge in [0.1, 0.15) is 0 Å². The molecule has 1 heteroatoms. The molecule has 0 radical (unpaired) electrons. The van der Waals surface area contributed by atoms with Crippen LogP contribution in [0.15, 0.2) is 176 Å². The topological polar surface area (TPSA) is 3.24 Å². The highest BCUT2D eigenvalue weighted by atomic mass is 15.1. The van der Waals surface area contributed by atoms with E-state index < -0.39 is 0 Å². The first kappa shape index (κ1) is 28.3. The molecule has 0 N–H and O–H groups in total. The molecule has 0 saturated heterocycles. The van der Waals surface area contributed by atoms with E-state index >= 15 is 0 Å². The second-order valence-corrected chi connectivity index (χ2v) is 13.4. The molecule has 1 aliphatic rings. The lowest BCUT2D eigenvalue weighted by Crippen LogP contribution is -2.23. The minimum atomic E-state index is -0.0688. The van der Waals surface area contributed by atoms with Gasteiger partial charge in [0, 0.05) is 22.2 Å². The summed E-state index contributed by atoms with van der Waals surface area (Å²) >= 11 is 0. The molecular weight excluding hydrogens is 579 g/mol. The van der Waals surface area contributed by atoms with Crippen LogP contribution in [0.3, 0.4) is 0 Å². The zero-order chi connectivity index (χ0) is 32.2. The second kappa shape index (κ2) is 11.1. The van der Waals surface area contributed by atoms with Crippen molar-refractivity contribution in [3.05, 3.63) is 187 Å². The largest absolute Gasteiger partial charge is 0.310 e. The first-order valence-electron chi connectivity index (χ1n) is 16.8. The minimum Gasteiger partial charge on any atom is -0.310 e. The SMILES string of the molecule is CC1(C)c2ccc(-c3ccc(N(c4ccc(-c5ccccc5)cc4)c4cccc5ccccc45)cc3)cc2-c2cccc3cccc1c23. The summed E-state index contributed by atoms with van der Waals surface area (Å²) < 4.78 is 0. The molecule has 0 heterocycles. The van der Waals surface area contributed by atoms with Crippen LogP contribution in [0.4, 0.5) is 17.1 Å². The summed E-state index contributed by atoms with van der Waals surface area (Å²) in [4.78, 5) is 2.38. The Hall–Kier alpha value is -5.92. The summed E-state index contributed by atoms with van der Waals surface area (Å²) in [5.74, 6) is 0. The van der Waals surface area contributed by atoms with E-state index in [1.54, 1.807) is 0 Å². The monoisotopic (exact) mass is 613 g/mol. The maximum atomic E-state index is 2.40. The van der Waals surface area contributed by atoms with E-state index in [0.717, 1.165) is 17.1 Å². The molecule has 0 aliphatic heterocycles. The van der Waals surface area contributed by atoms with E-state index in [0.29, 0.717) is 0 Å². The number of hydrogen-bond donors (Lipinski definition) is 0. The van der Waals surface area contributed by atoms with Crippen LogP contribution in [-0.4, -0.2) is 0 Å². The molecule has 0 amide bonds. The Morgan fingerprint density at radius 1 is 0.396 bits per heavy atom. The van der Waals surface area contributed by atoms with E-state index in [4.69, 9.17) is 0 Å². The van der Waals surface area contributed by atoms with Gasteiger partial charge < -0.3 is 4.90 Å². The van der Waals surface area contributed by atoms with Gasteiger partial charge >= 0.3 is 0 Å².